The van der Waals surface area contributed by atoms with E-state index in [0.717, 1.165) is 44.4 Å². The Labute approximate surface area is 317 Å². The SMILES string of the molecule is CC(C)(C)c1c(-c2ccccc2)ccc(-c2ccccc2)c1N(c1ccc(-c2ccccc2)cc1)c1ccc(-c2ccc3c(c2)oc2ccccc23)cc1. The lowest BCUT2D eigenvalue weighted by Gasteiger charge is -2.36. The first-order chi connectivity index (χ1) is 26.4. The van der Waals surface area contributed by atoms with Gasteiger partial charge < -0.3 is 9.32 Å². The molecule has 0 bridgehead atoms. The summed E-state index contributed by atoms with van der Waals surface area (Å²) in [7, 11) is 0. The Hall–Kier alpha value is -6.64. The Kier molecular flexibility index (Phi) is 8.44. The number of para-hydroxylation sites is 1. The van der Waals surface area contributed by atoms with E-state index in [1.807, 2.05) is 12.1 Å². The number of anilines is 3. The fraction of sp³-hybridized carbons (Fsp3) is 0.0769. The van der Waals surface area contributed by atoms with Gasteiger partial charge in [-0.25, -0.2) is 0 Å². The van der Waals surface area contributed by atoms with Crippen molar-refractivity contribution in [3.8, 4) is 44.5 Å². The molecule has 1 heterocycles. The van der Waals surface area contributed by atoms with Crippen LogP contribution in [0.1, 0.15) is 26.3 Å². The molecule has 0 unspecified atom stereocenters. The second-order valence-electron chi connectivity index (χ2n) is 15.0. The lowest BCUT2D eigenvalue weighted by molar-refractivity contribution is 0.593. The molecule has 9 rings (SSSR count). The van der Waals surface area contributed by atoms with Crippen molar-refractivity contribution in [3.63, 3.8) is 0 Å². The Bertz CT molecular complexity index is 2700. The summed E-state index contributed by atoms with van der Waals surface area (Å²) in [5, 5.41) is 2.28. The van der Waals surface area contributed by atoms with Gasteiger partial charge in [-0.1, -0.05) is 172 Å². The fourth-order valence-corrected chi connectivity index (χ4v) is 7.84. The first-order valence-electron chi connectivity index (χ1n) is 18.7. The number of benzene rings is 8. The molecule has 0 radical (unpaired) electrons. The third-order valence-corrected chi connectivity index (χ3v) is 10.4. The highest BCUT2D eigenvalue weighted by molar-refractivity contribution is 6.06. The second kappa shape index (κ2) is 13.7. The van der Waals surface area contributed by atoms with Crippen LogP contribution in [0.2, 0.25) is 0 Å². The maximum atomic E-state index is 6.27. The van der Waals surface area contributed by atoms with Gasteiger partial charge in [0.05, 0.1) is 5.69 Å². The van der Waals surface area contributed by atoms with E-state index in [-0.39, 0.29) is 5.41 Å². The van der Waals surface area contributed by atoms with Gasteiger partial charge in [-0.05, 0) is 92.4 Å². The molecule has 1 aromatic heterocycles. The molecule has 54 heavy (non-hydrogen) atoms. The fourth-order valence-electron chi connectivity index (χ4n) is 7.84. The maximum Gasteiger partial charge on any atom is 0.136 e. The molecule has 0 N–H and O–H groups in total. The molecule has 0 fully saturated rings. The minimum Gasteiger partial charge on any atom is -0.456 e. The largest absolute Gasteiger partial charge is 0.456 e. The van der Waals surface area contributed by atoms with Crippen LogP contribution >= 0.6 is 0 Å². The van der Waals surface area contributed by atoms with Gasteiger partial charge in [0.2, 0.25) is 0 Å². The lowest BCUT2D eigenvalue weighted by atomic mass is 9.78. The summed E-state index contributed by atoms with van der Waals surface area (Å²) < 4.78 is 6.27. The van der Waals surface area contributed by atoms with Gasteiger partial charge in [0.15, 0.2) is 0 Å². The van der Waals surface area contributed by atoms with E-state index in [2.05, 4.69) is 208 Å². The average Bonchev–Trinajstić information content (AvgIpc) is 3.60. The summed E-state index contributed by atoms with van der Waals surface area (Å²) in [6, 6.07) is 69.7. The van der Waals surface area contributed by atoms with Crippen molar-refractivity contribution in [2.45, 2.75) is 26.2 Å². The van der Waals surface area contributed by atoms with Crippen molar-refractivity contribution in [2.75, 3.05) is 4.90 Å². The topological polar surface area (TPSA) is 16.4 Å². The maximum absolute atomic E-state index is 6.27. The van der Waals surface area contributed by atoms with Gasteiger partial charge in [0.25, 0.3) is 0 Å². The van der Waals surface area contributed by atoms with Gasteiger partial charge >= 0.3 is 0 Å². The minimum atomic E-state index is -0.199. The molecule has 8 aromatic carbocycles. The van der Waals surface area contributed by atoms with Crippen LogP contribution in [0.25, 0.3) is 66.4 Å². The van der Waals surface area contributed by atoms with Crippen molar-refractivity contribution in [3.05, 3.63) is 200 Å². The summed E-state index contributed by atoms with van der Waals surface area (Å²) in [5.41, 5.74) is 15.7. The molecule has 0 aliphatic carbocycles. The van der Waals surface area contributed by atoms with Crippen LogP contribution in [0.3, 0.4) is 0 Å². The highest BCUT2D eigenvalue weighted by Crippen LogP contribution is 2.50. The zero-order chi connectivity index (χ0) is 36.6. The molecule has 9 aromatic rings. The van der Waals surface area contributed by atoms with E-state index < -0.39 is 0 Å². The van der Waals surface area contributed by atoms with Crippen molar-refractivity contribution < 1.29 is 4.42 Å². The molecule has 2 nitrogen and oxygen atoms in total. The predicted molar refractivity (Wildman–Crippen MR) is 229 cm³/mol. The summed E-state index contributed by atoms with van der Waals surface area (Å²) in [5.74, 6) is 0. The summed E-state index contributed by atoms with van der Waals surface area (Å²) in [4.78, 5) is 2.47. The van der Waals surface area contributed by atoms with Crippen LogP contribution in [0.15, 0.2) is 199 Å². The Morgan fingerprint density at radius 3 is 1.41 bits per heavy atom. The van der Waals surface area contributed by atoms with Crippen LogP contribution in [-0.2, 0) is 5.41 Å². The second-order valence-corrected chi connectivity index (χ2v) is 15.0. The van der Waals surface area contributed by atoms with Gasteiger partial charge in [-0.3, -0.25) is 0 Å². The zero-order valence-electron chi connectivity index (χ0n) is 30.8. The van der Waals surface area contributed by atoms with Gasteiger partial charge in [0, 0.05) is 27.7 Å². The molecular formula is C52H41NO. The standard InChI is InChI=1S/C52H41NO/c1-52(2,3)50-44(39-17-9-5-10-18-39)33-34-45(40-19-11-6-12-20-40)51(50)53(42-28-23-37(24-29-42)36-15-7-4-8-16-36)43-30-25-38(26-31-43)41-27-32-47-46-21-13-14-22-48(46)54-49(47)35-41/h4-35H,1-3H3. The number of nitrogens with zero attached hydrogens (tertiary/aromatic N) is 1. The van der Waals surface area contributed by atoms with E-state index in [9.17, 15) is 0 Å². The van der Waals surface area contributed by atoms with Gasteiger partial charge in [-0.15, -0.1) is 0 Å². The summed E-state index contributed by atoms with van der Waals surface area (Å²) >= 11 is 0. The van der Waals surface area contributed by atoms with E-state index in [1.54, 1.807) is 0 Å². The molecule has 0 aliphatic heterocycles. The molecule has 0 aliphatic rings. The van der Waals surface area contributed by atoms with Crippen molar-refractivity contribution in [1.29, 1.82) is 0 Å². The van der Waals surface area contributed by atoms with E-state index in [0.29, 0.717) is 0 Å². The van der Waals surface area contributed by atoms with E-state index in [4.69, 9.17) is 4.42 Å². The van der Waals surface area contributed by atoms with Crippen molar-refractivity contribution in [2.24, 2.45) is 0 Å². The number of hydrogen-bond acceptors (Lipinski definition) is 2. The highest BCUT2D eigenvalue weighted by Gasteiger charge is 2.30. The first kappa shape index (κ1) is 33.2. The first-order valence-corrected chi connectivity index (χ1v) is 18.7. The Balaban J connectivity index is 1.26. The van der Waals surface area contributed by atoms with Crippen LogP contribution < -0.4 is 4.90 Å². The molecular weight excluding hydrogens is 655 g/mol. The molecule has 0 spiro atoms. The number of hydrogen-bond donors (Lipinski definition) is 0. The molecule has 0 atom stereocenters. The molecule has 0 amide bonds. The van der Waals surface area contributed by atoms with E-state index >= 15 is 0 Å². The number of rotatable bonds is 7. The average molecular weight is 696 g/mol. The molecule has 0 saturated carbocycles. The molecule has 260 valence electrons. The molecule has 0 saturated heterocycles. The third kappa shape index (κ3) is 6.16. The van der Waals surface area contributed by atoms with Crippen LogP contribution in [-0.4, -0.2) is 0 Å². The predicted octanol–water partition coefficient (Wildman–Crippen LogP) is 15.0. The molecule has 2 heteroatoms. The van der Waals surface area contributed by atoms with Crippen LogP contribution in [0, 0.1) is 0 Å². The third-order valence-electron chi connectivity index (χ3n) is 10.4. The summed E-state index contributed by atoms with van der Waals surface area (Å²) in [6.45, 7) is 7.00. The smallest absolute Gasteiger partial charge is 0.136 e. The number of furan rings is 1. The Morgan fingerprint density at radius 2 is 0.815 bits per heavy atom. The quantitative estimate of drug-likeness (QED) is 0.165. The van der Waals surface area contributed by atoms with Gasteiger partial charge in [0.1, 0.15) is 11.2 Å². The Morgan fingerprint density at radius 1 is 0.370 bits per heavy atom. The van der Waals surface area contributed by atoms with Gasteiger partial charge in [-0.2, -0.15) is 0 Å². The van der Waals surface area contributed by atoms with Crippen molar-refractivity contribution >= 4 is 39.0 Å². The number of fused-ring (bicyclic) bond motifs is 3. The normalized spacial score (nSPS) is 11.6. The van der Waals surface area contributed by atoms with E-state index in [1.165, 1.54) is 44.6 Å². The van der Waals surface area contributed by atoms with Crippen LogP contribution in [0.5, 0.6) is 0 Å². The zero-order valence-corrected chi connectivity index (χ0v) is 30.8. The van der Waals surface area contributed by atoms with Crippen molar-refractivity contribution in [1.82, 2.24) is 0 Å². The summed E-state index contributed by atoms with van der Waals surface area (Å²) in [6.07, 6.45) is 0. The minimum absolute atomic E-state index is 0.199. The van der Waals surface area contributed by atoms with Crippen LogP contribution in [0.4, 0.5) is 17.1 Å². The lowest BCUT2D eigenvalue weighted by Crippen LogP contribution is -2.21. The highest BCUT2D eigenvalue weighted by atomic mass is 16.3. The monoisotopic (exact) mass is 695 g/mol.